The number of fused-ring (bicyclic) bond motifs is 3. The zero-order valence-corrected chi connectivity index (χ0v) is 15.2. The summed E-state index contributed by atoms with van der Waals surface area (Å²) in [5.74, 6) is -1.58. The fourth-order valence-corrected chi connectivity index (χ4v) is 4.48. The highest BCUT2D eigenvalue weighted by molar-refractivity contribution is 7.18. The third-order valence-corrected chi connectivity index (χ3v) is 5.71. The lowest BCUT2D eigenvalue weighted by atomic mass is 10.1. The molecule has 140 valence electrons. The largest absolute Gasteiger partial charge is 0.467 e. The number of ether oxygens (including phenoxy) is 1. The molecule has 0 unspecified atom stereocenters. The number of benzene rings is 1. The van der Waals surface area contributed by atoms with Gasteiger partial charge in [-0.2, -0.15) is 0 Å². The number of nitrogens with one attached hydrogen (secondary N) is 1. The minimum atomic E-state index is -0.711. The molecule has 0 aliphatic heterocycles. The summed E-state index contributed by atoms with van der Waals surface area (Å²) in [7, 11) is 0. The summed E-state index contributed by atoms with van der Waals surface area (Å²) in [5, 5.41) is 3.18. The maximum absolute atomic E-state index is 13.6. The number of nitrogens with zero attached hydrogens (tertiary/aromatic N) is 2. The number of aryl methyl sites for hydroxylation is 2. The first-order valence-electron chi connectivity index (χ1n) is 8.75. The molecule has 1 amide bonds. The second-order valence-electron chi connectivity index (χ2n) is 6.38. The predicted octanol–water partition coefficient (Wildman–Crippen LogP) is 4.26. The van der Waals surface area contributed by atoms with E-state index < -0.39 is 17.5 Å². The Hall–Kier alpha value is -2.61. The zero-order chi connectivity index (χ0) is 18.8. The molecule has 0 saturated carbocycles. The molecule has 5 nitrogen and oxygen atoms in total. The molecule has 0 saturated heterocycles. The van der Waals surface area contributed by atoms with Gasteiger partial charge in [0.15, 0.2) is 6.61 Å². The van der Waals surface area contributed by atoms with E-state index in [-0.39, 0.29) is 12.3 Å². The van der Waals surface area contributed by atoms with Crippen LogP contribution in [-0.2, 0) is 17.6 Å². The summed E-state index contributed by atoms with van der Waals surface area (Å²) in [6.07, 6.45) is 6.83. The highest BCUT2D eigenvalue weighted by atomic mass is 32.1. The monoisotopic (exact) mass is 389 g/mol. The van der Waals surface area contributed by atoms with E-state index in [2.05, 4.69) is 15.3 Å². The number of hydrogen-bond acceptors (Lipinski definition) is 5. The Morgan fingerprint density at radius 3 is 2.93 bits per heavy atom. The van der Waals surface area contributed by atoms with Gasteiger partial charge in [-0.15, -0.1) is 11.3 Å². The van der Waals surface area contributed by atoms with Crippen LogP contribution in [0.3, 0.4) is 0 Å². The number of hydrogen-bond donors (Lipinski definition) is 1. The summed E-state index contributed by atoms with van der Waals surface area (Å²) < 4.78 is 32.5. The first-order chi connectivity index (χ1) is 13.1. The van der Waals surface area contributed by atoms with Crippen molar-refractivity contribution >= 4 is 33.1 Å². The number of thiophene rings is 1. The number of amides is 1. The predicted molar refractivity (Wildman–Crippen MR) is 99.2 cm³/mol. The maximum atomic E-state index is 13.6. The van der Waals surface area contributed by atoms with Crippen molar-refractivity contribution in [2.75, 3.05) is 11.9 Å². The fraction of sp³-hybridized carbons (Fsp3) is 0.316. The van der Waals surface area contributed by atoms with Crippen LogP contribution in [0.4, 0.5) is 14.5 Å². The lowest BCUT2D eigenvalue weighted by Gasteiger charge is -2.09. The number of rotatable bonds is 4. The van der Waals surface area contributed by atoms with Gasteiger partial charge in [0.1, 0.15) is 22.8 Å². The molecule has 0 radical (unpaired) electrons. The highest BCUT2D eigenvalue weighted by Gasteiger charge is 2.20. The minimum Gasteiger partial charge on any atom is -0.467 e. The fourth-order valence-electron chi connectivity index (χ4n) is 3.26. The van der Waals surface area contributed by atoms with Crippen LogP contribution in [-0.4, -0.2) is 22.5 Å². The van der Waals surface area contributed by atoms with E-state index in [0.29, 0.717) is 5.88 Å². The summed E-state index contributed by atoms with van der Waals surface area (Å²) >= 11 is 1.64. The second kappa shape index (κ2) is 7.56. The molecular weight excluding hydrogens is 372 g/mol. The molecule has 8 heteroatoms. The molecule has 0 bridgehead atoms. The average Bonchev–Trinajstić information content (AvgIpc) is 2.85. The smallest absolute Gasteiger partial charge is 0.262 e. The Bertz CT molecular complexity index is 1010. The summed E-state index contributed by atoms with van der Waals surface area (Å²) in [5.41, 5.74) is 0.987. The van der Waals surface area contributed by atoms with Crippen LogP contribution < -0.4 is 10.1 Å². The van der Waals surface area contributed by atoms with Gasteiger partial charge in [0.25, 0.3) is 5.91 Å². The molecule has 1 aromatic carbocycles. The SMILES string of the molecule is O=C(COc1ncnc2sc3c(c12)CCCCC3)Nc1cc(F)ccc1F. The van der Waals surface area contributed by atoms with Crippen LogP contribution in [0.1, 0.15) is 29.7 Å². The van der Waals surface area contributed by atoms with Crippen LogP contribution in [0.25, 0.3) is 10.2 Å². The molecule has 1 aliphatic rings. The summed E-state index contributed by atoms with van der Waals surface area (Å²) in [6.45, 7) is -0.354. The van der Waals surface area contributed by atoms with E-state index in [9.17, 15) is 13.6 Å². The van der Waals surface area contributed by atoms with Gasteiger partial charge < -0.3 is 10.1 Å². The normalized spacial score (nSPS) is 13.9. The van der Waals surface area contributed by atoms with Crippen molar-refractivity contribution in [2.45, 2.75) is 32.1 Å². The Morgan fingerprint density at radius 1 is 1.19 bits per heavy atom. The molecule has 0 spiro atoms. The molecule has 2 heterocycles. The van der Waals surface area contributed by atoms with Gasteiger partial charge in [0, 0.05) is 10.9 Å². The van der Waals surface area contributed by atoms with E-state index >= 15 is 0 Å². The number of halogens is 2. The third-order valence-electron chi connectivity index (χ3n) is 4.51. The van der Waals surface area contributed by atoms with E-state index in [4.69, 9.17) is 4.74 Å². The van der Waals surface area contributed by atoms with Crippen LogP contribution in [0.5, 0.6) is 5.88 Å². The third kappa shape index (κ3) is 3.75. The zero-order valence-electron chi connectivity index (χ0n) is 14.4. The molecule has 0 fully saturated rings. The summed E-state index contributed by atoms with van der Waals surface area (Å²) in [4.78, 5) is 22.8. The van der Waals surface area contributed by atoms with E-state index in [1.165, 1.54) is 23.2 Å². The van der Waals surface area contributed by atoms with Crippen molar-refractivity contribution in [1.82, 2.24) is 9.97 Å². The van der Waals surface area contributed by atoms with Gasteiger partial charge in [0.05, 0.1) is 11.1 Å². The topological polar surface area (TPSA) is 64.1 Å². The Labute approximate surface area is 158 Å². The lowest BCUT2D eigenvalue weighted by molar-refractivity contribution is -0.118. The maximum Gasteiger partial charge on any atom is 0.262 e. The standard InChI is InChI=1S/C19H17F2N3O2S/c20-11-6-7-13(21)14(8-11)24-16(25)9-26-18-17-12-4-2-1-3-5-15(12)27-19(17)23-10-22-18/h6-8,10H,1-5,9H2,(H,24,25). The van der Waals surface area contributed by atoms with E-state index in [1.54, 1.807) is 11.3 Å². The average molecular weight is 389 g/mol. The van der Waals surface area contributed by atoms with E-state index in [0.717, 1.165) is 54.1 Å². The van der Waals surface area contributed by atoms with Gasteiger partial charge in [-0.25, -0.2) is 18.7 Å². The van der Waals surface area contributed by atoms with Gasteiger partial charge in [-0.1, -0.05) is 6.42 Å². The molecule has 1 aliphatic carbocycles. The first-order valence-corrected chi connectivity index (χ1v) is 9.56. The van der Waals surface area contributed by atoms with Crippen molar-refractivity contribution in [2.24, 2.45) is 0 Å². The highest BCUT2D eigenvalue weighted by Crippen LogP contribution is 2.38. The second-order valence-corrected chi connectivity index (χ2v) is 7.47. The van der Waals surface area contributed by atoms with E-state index in [1.807, 2.05) is 0 Å². The van der Waals surface area contributed by atoms with Crippen LogP contribution >= 0.6 is 11.3 Å². The lowest BCUT2D eigenvalue weighted by Crippen LogP contribution is -2.21. The van der Waals surface area contributed by atoms with Crippen molar-refractivity contribution < 1.29 is 18.3 Å². The molecule has 27 heavy (non-hydrogen) atoms. The molecule has 4 rings (SSSR count). The van der Waals surface area contributed by atoms with Gasteiger partial charge in [-0.3, -0.25) is 4.79 Å². The van der Waals surface area contributed by atoms with Crippen LogP contribution in [0.2, 0.25) is 0 Å². The number of carbonyl (C=O) groups is 1. The summed E-state index contributed by atoms with van der Waals surface area (Å²) in [6, 6.07) is 2.87. The van der Waals surface area contributed by atoms with Crippen molar-refractivity contribution in [1.29, 1.82) is 0 Å². The number of aromatic nitrogens is 2. The first kappa shape index (κ1) is 17.8. The van der Waals surface area contributed by atoms with Crippen molar-refractivity contribution in [3.05, 3.63) is 46.6 Å². The van der Waals surface area contributed by atoms with Gasteiger partial charge >= 0.3 is 0 Å². The molecular formula is C19H17F2N3O2S. The Morgan fingerprint density at radius 2 is 2.04 bits per heavy atom. The van der Waals surface area contributed by atoms with Crippen LogP contribution in [0.15, 0.2) is 24.5 Å². The molecule has 2 aromatic heterocycles. The minimum absolute atomic E-state index is 0.221. The van der Waals surface area contributed by atoms with Gasteiger partial charge in [-0.05, 0) is 43.4 Å². The molecule has 3 aromatic rings. The molecule has 0 atom stereocenters. The van der Waals surface area contributed by atoms with Gasteiger partial charge in [0.2, 0.25) is 5.88 Å². The Balaban J connectivity index is 1.52. The number of carbonyl (C=O) groups excluding carboxylic acids is 1. The Kier molecular flexibility index (Phi) is 4.98. The van der Waals surface area contributed by atoms with Crippen molar-refractivity contribution in [3.8, 4) is 5.88 Å². The molecule has 1 N–H and O–H groups in total. The van der Waals surface area contributed by atoms with Crippen molar-refractivity contribution in [3.63, 3.8) is 0 Å². The van der Waals surface area contributed by atoms with Crippen LogP contribution in [0, 0.1) is 11.6 Å². The quantitative estimate of drug-likeness (QED) is 0.678. The number of anilines is 1.